The van der Waals surface area contributed by atoms with Crippen molar-refractivity contribution >= 4 is 21.6 Å². The van der Waals surface area contributed by atoms with Crippen molar-refractivity contribution in [3.05, 3.63) is 95.6 Å². The van der Waals surface area contributed by atoms with Crippen molar-refractivity contribution in [1.82, 2.24) is 5.32 Å². The average molecular weight is 453 g/mol. The molecular formula is C25H28N2O4S. The molecule has 0 saturated carbocycles. The number of amides is 1. The monoisotopic (exact) mass is 452 g/mol. The molecule has 1 atom stereocenters. The predicted molar refractivity (Wildman–Crippen MR) is 127 cm³/mol. The van der Waals surface area contributed by atoms with Gasteiger partial charge in [0.05, 0.1) is 31.1 Å². The van der Waals surface area contributed by atoms with Crippen LogP contribution in [0.15, 0.2) is 78.9 Å². The fourth-order valence-electron chi connectivity index (χ4n) is 3.31. The summed E-state index contributed by atoms with van der Waals surface area (Å²) in [6.07, 6.45) is 1.18. The molecule has 0 aliphatic rings. The first-order chi connectivity index (χ1) is 15.3. The third-order valence-corrected chi connectivity index (χ3v) is 6.17. The molecule has 0 aromatic heterocycles. The molecule has 168 valence electrons. The summed E-state index contributed by atoms with van der Waals surface area (Å²) in [5.74, 6) is 0.559. The zero-order valence-electron chi connectivity index (χ0n) is 18.5. The average Bonchev–Trinajstić information content (AvgIpc) is 2.78. The van der Waals surface area contributed by atoms with E-state index in [4.69, 9.17) is 4.74 Å². The fourth-order valence-corrected chi connectivity index (χ4v) is 4.20. The van der Waals surface area contributed by atoms with Crippen LogP contribution in [0, 0.1) is 0 Å². The van der Waals surface area contributed by atoms with Crippen molar-refractivity contribution in [1.29, 1.82) is 0 Å². The van der Waals surface area contributed by atoms with Crippen LogP contribution in [-0.4, -0.2) is 27.2 Å². The maximum atomic E-state index is 12.7. The molecule has 0 aliphatic carbocycles. The first-order valence-electron chi connectivity index (χ1n) is 10.4. The van der Waals surface area contributed by atoms with Gasteiger partial charge in [-0.05, 0) is 61.4 Å². The van der Waals surface area contributed by atoms with Gasteiger partial charge in [-0.1, -0.05) is 42.5 Å². The molecule has 3 rings (SSSR count). The third-order valence-electron chi connectivity index (χ3n) is 5.03. The van der Waals surface area contributed by atoms with Gasteiger partial charge in [0.15, 0.2) is 0 Å². The van der Waals surface area contributed by atoms with Crippen molar-refractivity contribution in [3.63, 3.8) is 0 Å². The first kappa shape index (κ1) is 23.3. The van der Waals surface area contributed by atoms with Crippen LogP contribution in [0.2, 0.25) is 0 Å². The van der Waals surface area contributed by atoms with Crippen molar-refractivity contribution in [2.45, 2.75) is 26.4 Å². The Balaban J connectivity index is 1.71. The van der Waals surface area contributed by atoms with Gasteiger partial charge in [0.2, 0.25) is 10.0 Å². The van der Waals surface area contributed by atoms with E-state index >= 15 is 0 Å². The molecule has 1 N–H and O–H groups in total. The summed E-state index contributed by atoms with van der Waals surface area (Å²) in [7, 11) is -3.49. The highest BCUT2D eigenvalue weighted by Crippen LogP contribution is 2.22. The van der Waals surface area contributed by atoms with Crippen LogP contribution >= 0.6 is 0 Å². The van der Waals surface area contributed by atoms with E-state index in [-0.39, 0.29) is 18.5 Å². The van der Waals surface area contributed by atoms with Crippen LogP contribution in [-0.2, 0) is 16.6 Å². The highest BCUT2D eigenvalue weighted by Gasteiger charge is 2.19. The van der Waals surface area contributed by atoms with Gasteiger partial charge in [0.25, 0.3) is 5.91 Å². The Hall–Kier alpha value is -3.32. The van der Waals surface area contributed by atoms with Crippen LogP contribution in [0.3, 0.4) is 0 Å². The Morgan fingerprint density at radius 1 is 0.969 bits per heavy atom. The lowest BCUT2D eigenvalue weighted by Crippen LogP contribution is -2.29. The minimum atomic E-state index is -3.49. The molecule has 7 heteroatoms. The van der Waals surface area contributed by atoms with Gasteiger partial charge in [-0.3, -0.25) is 9.10 Å². The van der Waals surface area contributed by atoms with Crippen LogP contribution in [0.4, 0.5) is 5.69 Å². The Morgan fingerprint density at radius 2 is 1.59 bits per heavy atom. The van der Waals surface area contributed by atoms with E-state index in [0.29, 0.717) is 17.9 Å². The zero-order chi connectivity index (χ0) is 23.1. The number of hydrogen-bond acceptors (Lipinski definition) is 4. The minimum Gasteiger partial charge on any atom is -0.494 e. The number of nitrogens with one attached hydrogen (secondary N) is 1. The molecule has 6 nitrogen and oxygen atoms in total. The number of nitrogens with zero attached hydrogens (tertiary/aromatic N) is 1. The second kappa shape index (κ2) is 10.3. The maximum Gasteiger partial charge on any atom is 0.251 e. The van der Waals surface area contributed by atoms with Gasteiger partial charge in [-0.2, -0.15) is 0 Å². The fraction of sp³-hybridized carbons (Fsp3) is 0.240. The summed E-state index contributed by atoms with van der Waals surface area (Å²) in [4.78, 5) is 12.7. The van der Waals surface area contributed by atoms with E-state index in [9.17, 15) is 13.2 Å². The molecule has 3 aromatic carbocycles. The van der Waals surface area contributed by atoms with E-state index in [1.165, 1.54) is 10.6 Å². The lowest BCUT2D eigenvalue weighted by molar-refractivity contribution is 0.0940. The van der Waals surface area contributed by atoms with Gasteiger partial charge in [-0.25, -0.2) is 8.42 Å². The number of carbonyl (C=O) groups is 1. The lowest BCUT2D eigenvalue weighted by Gasteiger charge is -2.23. The summed E-state index contributed by atoms with van der Waals surface area (Å²) < 4.78 is 31.5. The van der Waals surface area contributed by atoms with Gasteiger partial charge >= 0.3 is 0 Å². The highest BCUT2D eigenvalue weighted by atomic mass is 32.2. The topological polar surface area (TPSA) is 75.7 Å². The lowest BCUT2D eigenvalue weighted by atomic mass is 10.1. The second-order valence-corrected chi connectivity index (χ2v) is 9.41. The summed E-state index contributed by atoms with van der Waals surface area (Å²) in [6.45, 7) is 4.66. The molecule has 1 amide bonds. The summed E-state index contributed by atoms with van der Waals surface area (Å²) >= 11 is 0. The van der Waals surface area contributed by atoms with Crippen molar-refractivity contribution in [3.8, 4) is 5.75 Å². The molecule has 0 spiro atoms. The largest absolute Gasteiger partial charge is 0.494 e. The number of sulfonamides is 1. The highest BCUT2D eigenvalue weighted by molar-refractivity contribution is 7.92. The van der Waals surface area contributed by atoms with Crippen molar-refractivity contribution in [2.75, 3.05) is 17.2 Å². The quantitative estimate of drug-likeness (QED) is 0.517. The van der Waals surface area contributed by atoms with Crippen LogP contribution in [0.1, 0.15) is 41.4 Å². The standard InChI is InChI=1S/C25H28N2O4S/c1-4-31-24-16-12-21(13-17-24)19(2)26-25(28)22-10-14-23(15-11-22)27(32(3,29)30)18-20-8-6-5-7-9-20/h5-17,19H,4,18H2,1-3H3,(H,26,28). The third kappa shape index (κ3) is 6.11. The molecule has 1 unspecified atom stereocenters. The molecule has 32 heavy (non-hydrogen) atoms. The Morgan fingerprint density at radius 3 is 2.16 bits per heavy atom. The molecular weight excluding hydrogens is 424 g/mol. The number of hydrogen-bond donors (Lipinski definition) is 1. The van der Waals surface area contributed by atoms with Gasteiger partial charge < -0.3 is 10.1 Å². The molecule has 0 aliphatic heterocycles. The van der Waals surface area contributed by atoms with Crippen LogP contribution in [0.5, 0.6) is 5.75 Å². The van der Waals surface area contributed by atoms with E-state index in [1.54, 1.807) is 24.3 Å². The number of ether oxygens (including phenoxy) is 1. The van der Waals surface area contributed by atoms with Crippen LogP contribution in [0.25, 0.3) is 0 Å². The molecule has 0 saturated heterocycles. The summed E-state index contributed by atoms with van der Waals surface area (Å²) in [5.41, 5.74) is 2.81. The van der Waals surface area contributed by atoms with Gasteiger partial charge in [-0.15, -0.1) is 0 Å². The Bertz CT molecular complexity index is 1130. The van der Waals surface area contributed by atoms with Gasteiger partial charge in [0, 0.05) is 5.56 Å². The minimum absolute atomic E-state index is 0.191. The number of anilines is 1. The summed E-state index contributed by atoms with van der Waals surface area (Å²) in [5, 5.41) is 2.97. The van der Waals surface area contributed by atoms with E-state index in [2.05, 4.69) is 5.32 Å². The molecule has 0 fully saturated rings. The van der Waals surface area contributed by atoms with Crippen LogP contribution < -0.4 is 14.4 Å². The molecule has 0 radical (unpaired) electrons. The normalized spacial score (nSPS) is 12.1. The predicted octanol–water partition coefficient (Wildman–Crippen LogP) is 4.54. The number of carbonyl (C=O) groups excluding carboxylic acids is 1. The van der Waals surface area contributed by atoms with Crippen molar-refractivity contribution < 1.29 is 17.9 Å². The smallest absolute Gasteiger partial charge is 0.251 e. The zero-order valence-corrected chi connectivity index (χ0v) is 19.3. The molecule has 3 aromatic rings. The summed E-state index contributed by atoms with van der Waals surface area (Å²) in [6, 6.07) is 23.4. The van der Waals surface area contributed by atoms with Crippen molar-refractivity contribution in [2.24, 2.45) is 0 Å². The number of rotatable bonds is 9. The van der Waals surface area contributed by atoms with E-state index < -0.39 is 10.0 Å². The molecule has 0 bridgehead atoms. The van der Waals surface area contributed by atoms with Gasteiger partial charge in [0.1, 0.15) is 5.75 Å². The Kier molecular flexibility index (Phi) is 7.53. The van der Waals surface area contributed by atoms with E-state index in [1.807, 2.05) is 68.4 Å². The van der Waals surface area contributed by atoms with E-state index in [0.717, 1.165) is 16.9 Å². The molecule has 0 heterocycles. The number of benzene rings is 3. The SMILES string of the molecule is CCOc1ccc(C(C)NC(=O)c2ccc(N(Cc3ccccc3)S(C)(=O)=O)cc2)cc1. The second-order valence-electron chi connectivity index (χ2n) is 7.50. The maximum absolute atomic E-state index is 12.7. The first-order valence-corrected chi connectivity index (χ1v) is 12.3. The Labute approximate surface area is 189 Å².